The average molecular weight is 450 g/mol. The van der Waals surface area contributed by atoms with Crippen molar-refractivity contribution in [3.05, 3.63) is 55.4 Å². The molecule has 0 spiro atoms. The fourth-order valence-corrected chi connectivity index (χ4v) is 3.50. The summed E-state index contributed by atoms with van der Waals surface area (Å²) in [5.41, 5.74) is 2.15. The third-order valence-electron chi connectivity index (χ3n) is 2.72. The van der Waals surface area contributed by atoms with Crippen LogP contribution in [0.15, 0.2) is 44.1 Å². The van der Waals surface area contributed by atoms with Crippen molar-refractivity contribution in [1.29, 1.82) is 0 Å². The molecule has 1 N–H and O–H groups in total. The molecule has 100 valence electrons. The van der Waals surface area contributed by atoms with Gasteiger partial charge >= 0.3 is 0 Å². The zero-order valence-corrected chi connectivity index (χ0v) is 15.0. The van der Waals surface area contributed by atoms with Crippen LogP contribution in [-0.4, -0.2) is 17.0 Å². The van der Waals surface area contributed by atoms with Crippen LogP contribution in [0.3, 0.4) is 0 Å². The Kier molecular flexibility index (Phi) is 5.50. The Hall–Kier alpha value is -0.300. The van der Waals surface area contributed by atoms with E-state index in [1.807, 2.05) is 25.5 Å². The SMILES string of the molecule is CNC(Cc1cncc(Br)c1)c1ncc(Br)cc1Br. The van der Waals surface area contributed by atoms with Crippen LogP contribution in [-0.2, 0) is 6.42 Å². The van der Waals surface area contributed by atoms with Crippen LogP contribution in [0.4, 0.5) is 0 Å². The summed E-state index contributed by atoms with van der Waals surface area (Å²) >= 11 is 10.4. The van der Waals surface area contributed by atoms with Gasteiger partial charge in [-0.3, -0.25) is 9.97 Å². The van der Waals surface area contributed by atoms with E-state index in [4.69, 9.17) is 0 Å². The van der Waals surface area contributed by atoms with Crippen molar-refractivity contribution < 1.29 is 0 Å². The second-order valence-corrected chi connectivity index (χ2v) is 6.76. The van der Waals surface area contributed by atoms with E-state index in [2.05, 4.69) is 69.1 Å². The average Bonchev–Trinajstić information content (AvgIpc) is 2.37. The maximum atomic E-state index is 4.48. The summed E-state index contributed by atoms with van der Waals surface area (Å²) < 4.78 is 2.94. The van der Waals surface area contributed by atoms with Crippen LogP contribution in [0.5, 0.6) is 0 Å². The van der Waals surface area contributed by atoms with Crippen LogP contribution < -0.4 is 5.32 Å². The zero-order valence-electron chi connectivity index (χ0n) is 10.2. The van der Waals surface area contributed by atoms with Crippen molar-refractivity contribution in [3.8, 4) is 0 Å². The van der Waals surface area contributed by atoms with Gasteiger partial charge in [0.2, 0.25) is 0 Å². The molecule has 0 saturated carbocycles. The summed E-state index contributed by atoms with van der Waals surface area (Å²) in [7, 11) is 1.94. The Morgan fingerprint density at radius 1 is 1.11 bits per heavy atom. The smallest absolute Gasteiger partial charge is 0.0719 e. The number of pyridine rings is 2. The standard InChI is InChI=1S/C13H12Br3N3/c1-17-12(3-8-2-9(14)6-18-5-8)13-11(16)4-10(15)7-19-13/h2,4-7,12,17H,3H2,1H3. The lowest BCUT2D eigenvalue weighted by molar-refractivity contribution is 0.572. The highest BCUT2D eigenvalue weighted by Gasteiger charge is 2.15. The van der Waals surface area contributed by atoms with Gasteiger partial charge in [-0.1, -0.05) is 0 Å². The molecule has 0 radical (unpaired) electrons. The van der Waals surface area contributed by atoms with Gasteiger partial charge < -0.3 is 5.32 Å². The van der Waals surface area contributed by atoms with E-state index in [9.17, 15) is 0 Å². The van der Waals surface area contributed by atoms with E-state index in [0.29, 0.717) is 0 Å². The molecule has 1 atom stereocenters. The number of aromatic nitrogens is 2. The number of hydrogen-bond acceptors (Lipinski definition) is 3. The molecule has 0 aliphatic carbocycles. The molecule has 3 nitrogen and oxygen atoms in total. The van der Waals surface area contributed by atoms with E-state index in [1.54, 1.807) is 6.20 Å². The number of nitrogens with zero attached hydrogens (tertiary/aromatic N) is 2. The first-order valence-electron chi connectivity index (χ1n) is 5.68. The Morgan fingerprint density at radius 2 is 1.84 bits per heavy atom. The highest BCUT2D eigenvalue weighted by atomic mass is 79.9. The summed E-state index contributed by atoms with van der Waals surface area (Å²) in [6.07, 6.45) is 6.30. The topological polar surface area (TPSA) is 37.8 Å². The lowest BCUT2D eigenvalue weighted by Crippen LogP contribution is -2.20. The molecule has 0 amide bonds. The Morgan fingerprint density at radius 3 is 2.47 bits per heavy atom. The first kappa shape index (κ1) is 15.1. The molecular formula is C13H12Br3N3. The molecule has 0 saturated heterocycles. The second kappa shape index (κ2) is 6.92. The minimum absolute atomic E-state index is 0.138. The van der Waals surface area contributed by atoms with Gasteiger partial charge in [0.25, 0.3) is 0 Å². The number of nitrogens with one attached hydrogen (secondary N) is 1. The molecule has 0 fully saturated rings. The van der Waals surface area contributed by atoms with Crippen molar-refractivity contribution in [1.82, 2.24) is 15.3 Å². The van der Waals surface area contributed by atoms with Crippen LogP contribution in [0.25, 0.3) is 0 Å². The van der Waals surface area contributed by atoms with E-state index in [-0.39, 0.29) is 6.04 Å². The van der Waals surface area contributed by atoms with Gasteiger partial charge in [0.15, 0.2) is 0 Å². The minimum atomic E-state index is 0.138. The van der Waals surface area contributed by atoms with E-state index >= 15 is 0 Å². The van der Waals surface area contributed by atoms with Gasteiger partial charge in [-0.2, -0.15) is 0 Å². The van der Waals surface area contributed by atoms with Gasteiger partial charge in [0.1, 0.15) is 0 Å². The Bertz CT molecular complexity index is 575. The largest absolute Gasteiger partial charge is 0.311 e. The summed E-state index contributed by atoms with van der Waals surface area (Å²) in [6, 6.07) is 4.22. The van der Waals surface area contributed by atoms with Gasteiger partial charge in [-0.25, -0.2) is 0 Å². The molecule has 2 rings (SSSR count). The summed E-state index contributed by atoms with van der Waals surface area (Å²) in [4.78, 5) is 8.67. The van der Waals surface area contributed by atoms with Crippen molar-refractivity contribution in [2.45, 2.75) is 12.5 Å². The van der Waals surface area contributed by atoms with Gasteiger partial charge in [-0.15, -0.1) is 0 Å². The second-order valence-electron chi connectivity index (χ2n) is 4.08. The van der Waals surface area contributed by atoms with Crippen LogP contribution in [0.2, 0.25) is 0 Å². The summed E-state index contributed by atoms with van der Waals surface area (Å²) in [5, 5.41) is 3.30. The third kappa shape index (κ3) is 4.08. The highest BCUT2D eigenvalue weighted by Crippen LogP contribution is 2.27. The molecule has 1 unspecified atom stereocenters. The quantitative estimate of drug-likeness (QED) is 0.757. The predicted octanol–water partition coefficient (Wildman–Crippen LogP) is 4.27. The lowest BCUT2D eigenvalue weighted by Gasteiger charge is -2.17. The molecule has 0 aliphatic rings. The Balaban J connectivity index is 2.25. The minimum Gasteiger partial charge on any atom is -0.311 e. The number of halogens is 3. The molecule has 0 aromatic carbocycles. The first-order valence-corrected chi connectivity index (χ1v) is 8.05. The monoisotopic (exact) mass is 447 g/mol. The maximum absolute atomic E-state index is 4.48. The lowest BCUT2D eigenvalue weighted by atomic mass is 10.0. The molecule has 2 aromatic heterocycles. The van der Waals surface area contributed by atoms with Crippen LogP contribution in [0, 0.1) is 0 Å². The molecule has 2 heterocycles. The molecule has 0 aliphatic heterocycles. The number of rotatable bonds is 4. The van der Waals surface area contributed by atoms with Gasteiger partial charge in [0.05, 0.1) is 11.7 Å². The first-order chi connectivity index (χ1) is 9.10. The third-order valence-corrected chi connectivity index (χ3v) is 4.22. The van der Waals surface area contributed by atoms with E-state index in [1.165, 1.54) is 0 Å². The van der Waals surface area contributed by atoms with Gasteiger partial charge in [0, 0.05) is 32.0 Å². The van der Waals surface area contributed by atoms with Crippen molar-refractivity contribution in [2.24, 2.45) is 0 Å². The van der Waals surface area contributed by atoms with Crippen LogP contribution >= 0.6 is 47.8 Å². The highest BCUT2D eigenvalue weighted by molar-refractivity contribution is 9.11. The number of likely N-dealkylation sites (N-methyl/N-ethyl adjacent to an activating group) is 1. The fraction of sp³-hybridized carbons (Fsp3) is 0.231. The number of hydrogen-bond donors (Lipinski definition) is 1. The summed E-state index contributed by atoms with van der Waals surface area (Å²) in [5.74, 6) is 0. The van der Waals surface area contributed by atoms with Crippen molar-refractivity contribution >= 4 is 47.8 Å². The van der Waals surface area contributed by atoms with Crippen molar-refractivity contribution in [2.75, 3.05) is 7.05 Å². The molecule has 19 heavy (non-hydrogen) atoms. The molecular weight excluding hydrogens is 438 g/mol. The van der Waals surface area contributed by atoms with E-state index < -0.39 is 0 Å². The maximum Gasteiger partial charge on any atom is 0.0719 e. The predicted molar refractivity (Wildman–Crippen MR) is 87.1 cm³/mol. The van der Waals surface area contributed by atoms with Crippen LogP contribution in [0.1, 0.15) is 17.3 Å². The zero-order chi connectivity index (χ0) is 13.8. The molecule has 6 heteroatoms. The summed E-state index contributed by atoms with van der Waals surface area (Å²) in [6.45, 7) is 0. The molecule has 0 bridgehead atoms. The fourth-order valence-electron chi connectivity index (χ4n) is 1.82. The van der Waals surface area contributed by atoms with E-state index in [0.717, 1.165) is 31.1 Å². The van der Waals surface area contributed by atoms with Gasteiger partial charge in [-0.05, 0) is 79.0 Å². The Labute approximate surface area is 137 Å². The normalized spacial score (nSPS) is 12.4. The van der Waals surface area contributed by atoms with Crippen molar-refractivity contribution in [3.63, 3.8) is 0 Å². The molecule has 2 aromatic rings.